The second-order valence-electron chi connectivity index (χ2n) is 7.68. The second-order valence-corrected chi connectivity index (χ2v) is 7.68. The van der Waals surface area contributed by atoms with Gasteiger partial charge in [-0.05, 0) is 46.0 Å². The van der Waals surface area contributed by atoms with Crippen LogP contribution in [0.4, 0.5) is 0 Å². The summed E-state index contributed by atoms with van der Waals surface area (Å²) in [4.78, 5) is 23.1. The van der Waals surface area contributed by atoms with Gasteiger partial charge in [0.15, 0.2) is 5.96 Å². The molecule has 0 bridgehead atoms. The first kappa shape index (κ1) is 26.7. The number of nitrogens with zero attached hydrogens (tertiary/aromatic N) is 4. The largest absolute Gasteiger partial charge is 0.357 e. The predicted octanol–water partition coefficient (Wildman–Crippen LogP) is 2.14. The number of hydrogen-bond donors (Lipinski definition) is 3. The number of aliphatic imine (C=N–C) groups is 1. The van der Waals surface area contributed by atoms with Gasteiger partial charge in [-0.2, -0.15) is 0 Å². The van der Waals surface area contributed by atoms with Crippen molar-refractivity contribution in [3.8, 4) is 0 Å². The van der Waals surface area contributed by atoms with Gasteiger partial charge in [0.1, 0.15) is 5.82 Å². The highest BCUT2D eigenvalue weighted by Gasteiger charge is 2.21. The molecular formula is C21H40IN7O. The van der Waals surface area contributed by atoms with E-state index in [2.05, 4.69) is 44.2 Å². The molecule has 0 saturated carbocycles. The third-order valence-electron chi connectivity index (χ3n) is 5.21. The number of amides is 1. The highest BCUT2D eigenvalue weighted by Crippen LogP contribution is 2.10. The van der Waals surface area contributed by atoms with E-state index in [0.717, 1.165) is 83.2 Å². The number of piperidine rings is 1. The van der Waals surface area contributed by atoms with Crippen LogP contribution in [0.1, 0.15) is 51.8 Å². The Labute approximate surface area is 198 Å². The monoisotopic (exact) mass is 533 g/mol. The van der Waals surface area contributed by atoms with E-state index in [1.54, 1.807) is 0 Å². The smallest absolute Gasteiger partial charge is 0.234 e. The fraction of sp³-hybridized carbons (Fsp3) is 0.762. The molecule has 1 aromatic rings. The predicted molar refractivity (Wildman–Crippen MR) is 133 cm³/mol. The maximum Gasteiger partial charge on any atom is 0.234 e. The van der Waals surface area contributed by atoms with Gasteiger partial charge in [0.25, 0.3) is 0 Å². The molecule has 2 rings (SSSR count). The minimum absolute atomic E-state index is 0. The average Bonchev–Trinajstić information content (AvgIpc) is 3.12. The van der Waals surface area contributed by atoms with Gasteiger partial charge in [0.05, 0.1) is 6.54 Å². The van der Waals surface area contributed by atoms with Crippen molar-refractivity contribution in [2.45, 2.75) is 65.5 Å². The number of halogens is 1. The molecule has 0 aromatic carbocycles. The lowest BCUT2D eigenvalue weighted by atomic mass is 10.1. The molecule has 1 aromatic heterocycles. The number of rotatable bonds is 11. The Morgan fingerprint density at radius 3 is 2.63 bits per heavy atom. The van der Waals surface area contributed by atoms with Crippen LogP contribution in [0.3, 0.4) is 0 Å². The van der Waals surface area contributed by atoms with Gasteiger partial charge in [-0.15, -0.1) is 24.0 Å². The van der Waals surface area contributed by atoms with Gasteiger partial charge in [-0.1, -0.05) is 6.92 Å². The summed E-state index contributed by atoms with van der Waals surface area (Å²) in [6.45, 7) is 12.0. The molecule has 0 aliphatic carbocycles. The fourth-order valence-corrected chi connectivity index (χ4v) is 3.50. The summed E-state index contributed by atoms with van der Waals surface area (Å²) in [5.41, 5.74) is 0. The van der Waals surface area contributed by atoms with Crippen LogP contribution in [-0.2, 0) is 11.3 Å². The molecule has 0 spiro atoms. The Balaban J connectivity index is 0.00000450. The third kappa shape index (κ3) is 10.1. The minimum atomic E-state index is 0. The Morgan fingerprint density at radius 2 is 2.00 bits per heavy atom. The molecule has 1 aliphatic heterocycles. The van der Waals surface area contributed by atoms with Gasteiger partial charge in [0.2, 0.25) is 5.91 Å². The van der Waals surface area contributed by atoms with Crippen LogP contribution in [0, 0.1) is 6.92 Å². The zero-order chi connectivity index (χ0) is 20.9. The van der Waals surface area contributed by atoms with Crippen LogP contribution in [-0.4, -0.2) is 71.6 Å². The number of unbranched alkanes of at least 4 members (excludes halogenated alkanes) is 1. The number of likely N-dealkylation sites (tertiary alicyclic amines) is 1. The summed E-state index contributed by atoms with van der Waals surface area (Å²) in [5.74, 6) is 2.11. The van der Waals surface area contributed by atoms with Crippen LogP contribution < -0.4 is 16.0 Å². The quantitative estimate of drug-likeness (QED) is 0.176. The van der Waals surface area contributed by atoms with E-state index in [-0.39, 0.29) is 29.9 Å². The minimum Gasteiger partial charge on any atom is -0.357 e. The number of nitrogens with one attached hydrogen (secondary N) is 3. The highest BCUT2D eigenvalue weighted by atomic mass is 127. The lowest BCUT2D eigenvalue weighted by Gasteiger charge is -2.32. The van der Waals surface area contributed by atoms with E-state index in [1.807, 2.05) is 19.3 Å². The molecule has 0 atom stereocenters. The molecule has 1 saturated heterocycles. The number of imidazole rings is 1. The average molecular weight is 534 g/mol. The summed E-state index contributed by atoms with van der Waals surface area (Å²) < 4.78 is 2.18. The molecule has 172 valence electrons. The molecule has 9 heteroatoms. The Bertz CT molecular complexity index is 627. The van der Waals surface area contributed by atoms with Crippen molar-refractivity contribution in [3.05, 3.63) is 18.2 Å². The molecule has 1 aliphatic rings. The van der Waals surface area contributed by atoms with Crippen molar-refractivity contribution in [2.75, 3.05) is 39.3 Å². The van der Waals surface area contributed by atoms with Gasteiger partial charge < -0.3 is 20.5 Å². The number of aromatic nitrogens is 2. The van der Waals surface area contributed by atoms with E-state index in [4.69, 9.17) is 4.99 Å². The number of carbonyl (C=O) groups is 1. The highest BCUT2D eigenvalue weighted by molar-refractivity contribution is 14.0. The molecule has 0 radical (unpaired) electrons. The molecule has 1 amide bonds. The third-order valence-corrected chi connectivity index (χ3v) is 5.21. The van der Waals surface area contributed by atoms with Crippen molar-refractivity contribution in [1.29, 1.82) is 0 Å². The summed E-state index contributed by atoms with van der Waals surface area (Å²) in [5, 5.41) is 9.89. The first-order chi connectivity index (χ1) is 14.1. The Kier molecular flexibility index (Phi) is 13.7. The van der Waals surface area contributed by atoms with Crippen molar-refractivity contribution in [1.82, 2.24) is 30.4 Å². The number of guanidine groups is 1. The molecule has 3 N–H and O–H groups in total. The standard InChI is InChI=1S/C21H39N7O.HI/c1-4-10-24-20(29)17-27-14-8-19(9-15-27)26-21(22-5-2)25-11-6-7-13-28-16-12-23-18(28)3;/h12,16,19H,4-11,13-15,17H2,1-3H3,(H,24,29)(H2,22,25,26);1H. The van der Waals surface area contributed by atoms with Crippen molar-refractivity contribution in [3.63, 3.8) is 0 Å². The second kappa shape index (κ2) is 15.4. The molecule has 0 unspecified atom stereocenters. The maximum atomic E-state index is 11.9. The lowest BCUT2D eigenvalue weighted by Crippen LogP contribution is -2.50. The SMILES string of the molecule is CCCNC(=O)CN1CCC(NC(=NCCCCn2ccnc2C)NCC)CC1.I. The van der Waals surface area contributed by atoms with Crippen molar-refractivity contribution < 1.29 is 4.79 Å². The molecule has 8 nitrogen and oxygen atoms in total. The van der Waals surface area contributed by atoms with Crippen LogP contribution in [0.15, 0.2) is 17.4 Å². The van der Waals surface area contributed by atoms with Crippen LogP contribution in [0.2, 0.25) is 0 Å². The van der Waals surface area contributed by atoms with E-state index in [9.17, 15) is 4.79 Å². The normalized spacial score (nSPS) is 15.5. The first-order valence-corrected chi connectivity index (χ1v) is 11.1. The summed E-state index contributed by atoms with van der Waals surface area (Å²) in [6.07, 6.45) is 9.08. The van der Waals surface area contributed by atoms with E-state index in [1.165, 1.54) is 0 Å². The van der Waals surface area contributed by atoms with Crippen molar-refractivity contribution >= 4 is 35.8 Å². The zero-order valence-electron chi connectivity index (χ0n) is 18.8. The molecule has 2 heterocycles. The van der Waals surface area contributed by atoms with Gasteiger partial charge >= 0.3 is 0 Å². The topological polar surface area (TPSA) is 86.6 Å². The zero-order valence-corrected chi connectivity index (χ0v) is 21.2. The van der Waals surface area contributed by atoms with E-state index in [0.29, 0.717) is 12.6 Å². The number of aryl methyl sites for hydroxylation is 2. The first-order valence-electron chi connectivity index (χ1n) is 11.1. The lowest BCUT2D eigenvalue weighted by molar-refractivity contribution is -0.122. The number of hydrogen-bond acceptors (Lipinski definition) is 4. The Hall–Kier alpha value is -1.36. The summed E-state index contributed by atoms with van der Waals surface area (Å²) >= 11 is 0. The van der Waals surface area contributed by atoms with Gasteiger partial charge in [-0.25, -0.2) is 4.98 Å². The van der Waals surface area contributed by atoms with Crippen LogP contribution >= 0.6 is 24.0 Å². The number of carbonyl (C=O) groups excluding carboxylic acids is 1. The van der Waals surface area contributed by atoms with Gasteiger partial charge in [0, 0.05) is 57.7 Å². The summed E-state index contributed by atoms with van der Waals surface area (Å²) in [6, 6.07) is 0.413. The molecular weight excluding hydrogens is 493 g/mol. The Morgan fingerprint density at radius 1 is 1.23 bits per heavy atom. The van der Waals surface area contributed by atoms with E-state index < -0.39 is 0 Å². The maximum absolute atomic E-state index is 11.9. The molecule has 30 heavy (non-hydrogen) atoms. The van der Waals surface area contributed by atoms with Gasteiger partial charge in [-0.3, -0.25) is 14.7 Å². The van der Waals surface area contributed by atoms with E-state index >= 15 is 0 Å². The van der Waals surface area contributed by atoms with Crippen molar-refractivity contribution in [2.24, 2.45) is 4.99 Å². The van der Waals surface area contributed by atoms with Crippen LogP contribution in [0.25, 0.3) is 0 Å². The van der Waals surface area contributed by atoms with Crippen LogP contribution in [0.5, 0.6) is 0 Å². The fourth-order valence-electron chi connectivity index (χ4n) is 3.50. The summed E-state index contributed by atoms with van der Waals surface area (Å²) in [7, 11) is 0. The molecule has 1 fully saturated rings.